The zero-order valence-electron chi connectivity index (χ0n) is 29.4. The molecule has 3 atom stereocenters. The molecule has 8 heterocycles. The fourth-order valence-corrected chi connectivity index (χ4v) is 11.5. The summed E-state index contributed by atoms with van der Waals surface area (Å²) in [5.41, 5.74) is 0.352. The summed E-state index contributed by atoms with van der Waals surface area (Å²) in [4.78, 5) is 15.0. The largest absolute Gasteiger partial charge is 0.461 e. The van der Waals surface area contributed by atoms with Gasteiger partial charge in [-0.1, -0.05) is 11.6 Å². The Morgan fingerprint density at radius 2 is 2.04 bits per heavy atom. The van der Waals surface area contributed by atoms with Crippen LogP contribution >= 0.6 is 34.5 Å². The van der Waals surface area contributed by atoms with Gasteiger partial charge in [-0.15, -0.1) is 11.3 Å². The second kappa shape index (κ2) is 12.8. The van der Waals surface area contributed by atoms with Crippen molar-refractivity contribution in [2.24, 2.45) is 0 Å². The molecule has 1 aliphatic carbocycles. The van der Waals surface area contributed by atoms with Crippen LogP contribution in [0.1, 0.15) is 70.1 Å². The first-order chi connectivity index (χ1) is 25.7. The summed E-state index contributed by atoms with van der Waals surface area (Å²) >= 11 is 9.82. The van der Waals surface area contributed by atoms with Crippen LogP contribution in [0.3, 0.4) is 0 Å². The van der Waals surface area contributed by atoms with Crippen LogP contribution in [-0.4, -0.2) is 97.9 Å². The number of rotatable bonds is 7. The molecule has 11 nitrogen and oxygen atoms in total. The van der Waals surface area contributed by atoms with Crippen molar-refractivity contribution in [1.82, 2.24) is 29.0 Å². The lowest BCUT2D eigenvalue weighted by Crippen LogP contribution is -2.43. The number of hydrogen-bond donors (Lipinski definition) is 1. The molecule has 1 aromatic carbocycles. The van der Waals surface area contributed by atoms with Gasteiger partial charge in [-0.2, -0.15) is 19.4 Å². The van der Waals surface area contributed by atoms with Crippen LogP contribution in [0.2, 0.25) is 5.02 Å². The van der Waals surface area contributed by atoms with Gasteiger partial charge in [-0.05, 0) is 88.0 Å². The Balaban J connectivity index is 1.13. The molecule has 5 aliphatic rings. The van der Waals surface area contributed by atoms with Gasteiger partial charge in [0.1, 0.15) is 34.2 Å². The average molecular weight is 784 g/mol. The number of thiophene rings is 1. The van der Waals surface area contributed by atoms with E-state index in [-0.39, 0.29) is 30.9 Å². The van der Waals surface area contributed by atoms with Crippen molar-refractivity contribution >= 4 is 70.8 Å². The van der Waals surface area contributed by atoms with E-state index >= 15 is 4.39 Å². The average Bonchev–Trinajstić information content (AvgIpc) is 3.59. The molecule has 1 N–H and O–H groups in total. The number of aromatic nitrogens is 5. The molecule has 0 radical (unpaired) electrons. The fourth-order valence-electron chi connectivity index (χ4n) is 8.95. The van der Waals surface area contributed by atoms with Crippen molar-refractivity contribution in [2.45, 2.75) is 81.3 Å². The van der Waals surface area contributed by atoms with Crippen molar-refractivity contribution in [3.8, 4) is 17.3 Å². The molecule has 4 aromatic heterocycles. The van der Waals surface area contributed by atoms with Crippen LogP contribution in [-0.2, 0) is 15.1 Å². The van der Waals surface area contributed by atoms with Crippen LogP contribution in [0.5, 0.6) is 6.01 Å². The molecule has 280 valence electrons. The number of nitrogens with zero attached hydrogens (tertiary/aromatic N) is 7. The molecule has 53 heavy (non-hydrogen) atoms. The number of fused-ring (bicyclic) bond motifs is 5. The summed E-state index contributed by atoms with van der Waals surface area (Å²) in [5.74, 6) is 0.622. The number of anilines is 1. The van der Waals surface area contributed by atoms with Crippen molar-refractivity contribution < 1.29 is 28.1 Å². The summed E-state index contributed by atoms with van der Waals surface area (Å²) in [6, 6.07) is 2.05. The van der Waals surface area contributed by atoms with E-state index in [0.29, 0.717) is 84.7 Å². The van der Waals surface area contributed by atoms with Gasteiger partial charge >= 0.3 is 6.01 Å². The van der Waals surface area contributed by atoms with Crippen LogP contribution in [0.15, 0.2) is 24.2 Å². The number of hydrogen-bond acceptors (Lipinski definition) is 12. The van der Waals surface area contributed by atoms with E-state index in [0.717, 1.165) is 76.2 Å². The van der Waals surface area contributed by atoms with E-state index in [4.69, 9.17) is 45.3 Å². The molecule has 0 amide bonds. The third-order valence-electron chi connectivity index (χ3n) is 11.6. The Hall–Kier alpha value is -3.05. The monoisotopic (exact) mass is 783 g/mol. The predicted molar refractivity (Wildman–Crippen MR) is 202 cm³/mol. The van der Waals surface area contributed by atoms with E-state index in [9.17, 15) is 9.50 Å². The van der Waals surface area contributed by atoms with Crippen LogP contribution in [0, 0.1) is 0 Å². The van der Waals surface area contributed by atoms with E-state index in [1.54, 1.807) is 13.1 Å². The molecular formula is C37H40ClF2N7O4S2. The van der Waals surface area contributed by atoms with Crippen molar-refractivity contribution in [3.63, 3.8) is 0 Å². The zero-order valence-corrected chi connectivity index (χ0v) is 31.8. The molecular weight excluding hydrogens is 744 g/mol. The van der Waals surface area contributed by atoms with Gasteiger partial charge in [0.05, 0.1) is 58.1 Å². The zero-order chi connectivity index (χ0) is 36.1. The van der Waals surface area contributed by atoms with Crippen molar-refractivity contribution in [3.05, 3.63) is 34.8 Å². The first-order valence-electron chi connectivity index (χ1n) is 18.5. The predicted octanol–water partition coefficient (Wildman–Crippen LogP) is 7.69. The summed E-state index contributed by atoms with van der Waals surface area (Å²) in [7, 11) is 0. The minimum absolute atomic E-state index is 0.200. The highest BCUT2D eigenvalue weighted by atomic mass is 35.5. The summed E-state index contributed by atoms with van der Waals surface area (Å²) in [6.45, 7) is 5.66. The Kier molecular flexibility index (Phi) is 8.29. The molecule has 0 spiro atoms. The second-order valence-electron chi connectivity index (χ2n) is 15.7. The number of ether oxygens (including phenoxy) is 3. The minimum Gasteiger partial charge on any atom is -0.461 e. The summed E-state index contributed by atoms with van der Waals surface area (Å²) in [5, 5.41) is 17.9. The van der Waals surface area contributed by atoms with E-state index < -0.39 is 11.3 Å². The lowest BCUT2D eigenvalue weighted by atomic mass is 9.94. The topological polar surface area (TPSA) is 111 Å². The van der Waals surface area contributed by atoms with Crippen molar-refractivity contribution in [1.29, 1.82) is 0 Å². The summed E-state index contributed by atoms with van der Waals surface area (Å²) < 4.78 is 57.0. The SMILES string of the molecule is C[C@@]1(O)COCCN(c2nc(OC[C@@]34CCCN3C/C(=C\F)C4)nc3sc4c(-c5c(C6(F)CC6)c(Cl)cc6c5cnn6C5CCCCO5)nsc4c23)C1. The lowest BCUT2D eigenvalue weighted by Gasteiger charge is -2.31. The molecule has 5 aromatic rings. The number of benzene rings is 1. The van der Waals surface area contributed by atoms with Gasteiger partial charge < -0.3 is 24.2 Å². The standard InChI is InChI=1S/C37H40ClF2N7O4S2/c1-35(48)18-45(10-12-49-19-35)32-27-30-31(52-33(27)43-34(42-32)51-20-36-6-4-9-46(36)17-21(14-36)15-39)29(44-53-30)26-22-16-41-47(25-5-2-3-11-50-25)24(22)13-23(38)28(26)37(40)7-8-37/h13,15-16,25,48H,2-12,14,17-20H2,1H3/b21-15-/t25?,35-,36-/m0/s1. The lowest BCUT2D eigenvalue weighted by molar-refractivity contribution is -0.0366. The first-order valence-corrected chi connectivity index (χ1v) is 20.4. The highest BCUT2D eigenvalue weighted by Crippen LogP contribution is 2.58. The molecule has 1 unspecified atom stereocenters. The fraction of sp³-hybridized carbons (Fsp3) is 0.568. The van der Waals surface area contributed by atoms with Crippen molar-refractivity contribution in [2.75, 3.05) is 57.5 Å². The Labute approximate surface area is 317 Å². The quantitative estimate of drug-likeness (QED) is 0.177. The molecule has 4 saturated heterocycles. The smallest absolute Gasteiger partial charge is 0.319 e. The highest BCUT2D eigenvalue weighted by molar-refractivity contribution is 7.31. The number of β-amino-alcohol motifs (C(OH)–C–C–N with tert-alkyl or cyclic N) is 1. The van der Waals surface area contributed by atoms with Gasteiger partial charge in [0.2, 0.25) is 0 Å². The molecule has 16 heteroatoms. The maximum atomic E-state index is 16.4. The summed E-state index contributed by atoms with van der Waals surface area (Å²) in [6.07, 6.45) is 8.52. The van der Waals surface area contributed by atoms with E-state index in [1.165, 1.54) is 22.9 Å². The van der Waals surface area contributed by atoms with Crippen LogP contribution < -0.4 is 9.64 Å². The van der Waals surface area contributed by atoms with Gasteiger partial charge in [-0.25, -0.2) is 13.5 Å². The number of aliphatic hydroxyl groups is 1. The minimum atomic E-state index is -1.55. The second-order valence-corrected chi connectivity index (χ2v) is 17.9. The molecule has 0 bridgehead atoms. The molecule has 5 fully saturated rings. The number of alkyl halides is 1. The van der Waals surface area contributed by atoms with Gasteiger partial charge in [-0.3, -0.25) is 4.90 Å². The van der Waals surface area contributed by atoms with E-state index in [2.05, 4.69) is 4.90 Å². The van der Waals surface area contributed by atoms with Gasteiger partial charge in [0, 0.05) is 41.2 Å². The maximum absolute atomic E-state index is 16.4. The molecule has 10 rings (SSSR count). The Morgan fingerprint density at radius 1 is 1.15 bits per heavy atom. The Morgan fingerprint density at radius 3 is 2.85 bits per heavy atom. The first kappa shape index (κ1) is 34.4. The maximum Gasteiger partial charge on any atom is 0.319 e. The van der Waals surface area contributed by atoms with Crippen LogP contribution in [0.4, 0.5) is 14.6 Å². The van der Waals surface area contributed by atoms with Gasteiger partial charge in [0.15, 0.2) is 6.23 Å². The number of halogens is 3. The third kappa shape index (κ3) is 5.75. The highest BCUT2D eigenvalue weighted by Gasteiger charge is 2.50. The van der Waals surface area contributed by atoms with Crippen LogP contribution in [0.25, 0.3) is 41.8 Å². The molecule has 1 saturated carbocycles. The van der Waals surface area contributed by atoms with Gasteiger partial charge in [0.25, 0.3) is 0 Å². The normalized spacial score (nSPS) is 28.4. The third-order valence-corrected chi connectivity index (χ3v) is 14.0. The van der Waals surface area contributed by atoms with E-state index in [1.807, 2.05) is 15.6 Å². The molecule has 4 aliphatic heterocycles. The Bertz CT molecular complexity index is 2280.